The molecule has 2 N–H and O–H groups in total. The van der Waals surface area contributed by atoms with E-state index < -0.39 is 15.8 Å². The Kier molecular flexibility index (Phi) is 4.68. The van der Waals surface area contributed by atoms with Crippen molar-refractivity contribution in [1.82, 2.24) is 14.5 Å². The number of ether oxygens (including phenoxy) is 1. The van der Waals surface area contributed by atoms with Gasteiger partial charge < -0.3 is 14.3 Å². The molecule has 0 saturated heterocycles. The van der Waals surface area contributed by atoms with Gasteiger partial charge in [0.1, 0.15) is 12.1 Å². The van der Waals surface area contributed by atoms with Crippen LogP contribution >= 0.6 is 0 Å². The molecule has 0 atom stereocenters. The summed E-state index contributed by atoms with van der Waals surface area (Å²) in [5.74, 6) is -1.45. The van der Waals surface area contributed by atoms with E-state index in [-0.39, 0.29) is 40.8 Å². The van der Waals surface area contributed by atoms with Crippen LogP contribution in [0.2, 0.25) is 0 Å². The molecule has 0 spiro atoms. The van der Waals surface area contributed by atoms with E-state index in [9.17, 15) is 17.6 Å². The first-order valence-electron chi connectivity index (χ1n) is 7.77. The lowest BCUT2D eigenvalue weighted by atomic mass is 10.2. The summed E-state index contributed by atoms with van der Waals surface area (Å²) >= 11 is 0. The molecule has 0 aliphatic rings. The van der Waals surface area contributed by atoms with Crippen LogP contribution in [0.15, 0.2) is 35.7 Å². The maximum atomic E-state index is 14.9. The lowest BCUT2D eigenvalue weighted by molar-refractivity contribution is -0.120. The average Bonchev–Trinajstić information content (AvgIpc) is 3.25. The number of nitrogens with one attached hydrogen (secondary N) is 2. The fourth-order valence-corrected chi connectivity index (χ4v) is 3.39. The number of anilines is 1. The van der Waals surface area contributed by atoms with Crippen LogP contribution in [0.5, 0.6) is 5.75 Å². The van der Waals surface area contributed by atoms with E-state index in [1.165, 1.54) is 30.7 Å². The minimum atomic E-state index is -3.98. The highest BCUT2D eigenvalue weighted by Gasteiger charge is 2.23. The number of carbonyl (C=O) groups excluding carboxylic acids is 1. The molecule has 2 aromatic heterocycles. The Morgan fingerprint density at radius 2 is 2.23 bits per heavy atom. The van der Waals surface area contributed by atoms with Crippen LogP contribution in [0.3, 0.4) is 0 Å². The number of hydrogen-bond acceptors (Lipinski definition) is 5. The van der Waals surface area contributed by atoms with Gasteiger partial charge in [0.15, 0.2) is 22.4 Å². The lowest BCUT2D eigenvalue weighted by Crippen LogP contribution is -2.17. The monoisotopic (exact) mass is 380 g/mol. The molecular formula is C16H17FN4O4S. The molecule has 0 amide bonds. The summed E-state index contributed by atoms with van der Waals surface area (Å²) in [4.78, 5) is 18.1. The summed E-state index contributed by atoms with van der Waals surface area (Å²) in [6.45, 7) is 1.28. The van der Waals surface area contributed by atoms with Crippen molar-refractivity contribution in [2.24, 2.45) is 7.05 Å². The van der Waals surface area contributed by atoms with Crippen molar-refractivity contribution < 1.29 is 22.3 Å². The molecule has 0 aliphatic heterocycles. The Balaban J connectivity index is 2.09. The van der Waals surface area contributed by atoms with E-state index in [1.54, 1.807) is 18.5 Å². The van der Waals surface area contributed by atoms with Crippen LogP contribution in [-0.4, -0.2) is 35.3 Å². The smallest absolute Gasteiger partial charge is 0.277 e. The van der Waals surface area contributed by atoms with Crippen molar-refractivity contribution in [2.75, 3.05) is 11.3 Å². The first kappa shape index (κ1) is 17.9. The van der Waals surface area contributed by atoms with E-state index in [4.69, 9.17) is 4.74 Å². The van der Waals surface area contributed by atoms with Gasteiger partial charge in [-0.25, -0.2) is 9.37 Å². The zero-order valence-electron chi connectivity index (χ0n) is 14.1. The van der Waals surface area contributed by atoms with Gasteiger partial charge >= 0.3 is 0 Å². The SMILES string of the molecule is CCC(=O)COc1c(NS(=O)(=O)c2ccc[nH]2)cc2c(ncn2C)c1F. The van der Waals surface area contributed by atoms with Crippen LogP contribution in [0.1, 0.15) is 13.3 Å². The molecule has 0 radical (unpaired) electrons. The number of halogens is 1. The van der Waals surface area contributed by atoms with Gasteiger partial charge in [0.05, 0.1) is 17.5 Å². The molecule has 26 heavy (non-hydrogen) atoms. The van der Waals surface area contributed by atoms with Crippen LogP contribution in [-0.2, 0) is 21.9 Å². The van der Waals surface area contributed by atoms with Crippen LogP contribution < -0.4 is 9.46 Å². The second kappa shape index (κ2) is 6.79. The van der Waals surface area contributed by atoms with E-state index in [0.29, 0.717) is 5.52 Å². The number of imidazole rings is 1. The van der Waals surface area contributed by atoms with Crippen LogP contribution in [0, 0.1) is 5.82 Å². The van der Waals surface area contributed by atoms with E-state index in [0.717, 1.165) is 0 Å². The topological polar surface area (TPSA) is 106 Å². The molecule has 0 fully saturated rings. The second-order valence-corrected chi connectivity index (χ2v) is 7.26. The number of nitrogens with zero attached hydrogens (tertiary/aromatic N) is 2. The number of aromatic nitrogens is 3. The van der Waals surface area contributed by atoms with Gasteiger partial charge in [-0.2, -0.15) is 8.42 Å². The number of ketones is 1. The zero-order chi connectivity index (χ0) is 18.9. The first-order chi connectivity index (χ1) is 12.3. The van der Waals surface area contributed by atoms with Gasteiger partial charge in [-0.3, -0.25) is 9.52 Å². The van der Waals surface area contributed by atoms with Crippen LogP contribution in [0.25, 0.3) is 11.0 Å². The Bertz CT molecular complexity index is 1060. The molecule has 138 valence electrons. The van der Waals surface area contributed by atoms with Gasteiger partial charge in [-0.1, -0.05) is 6.92 Å². The molecule has 2 heterocycles. The predicted octanol–water partition coefficient (Wildman–Crippen LogP) is 2.20. The van der Waals surface area contributed by atoms with Crippen LogP contribution in [0.4, 0.5) is 10.1 Å². The quantitative estimate of drug-likeness (QED) is 0.654. The van der Waals surface area contributed by atoms with Crippen molar-refractivity contribution in [3.05, 3.63) is 36.5 Å². The number of fused-ring (bicyclic) bond motifs is 1. The molecule has 0 saturated carbocycles. The summed E-state index contributed by atoms with van der Waals surface area (Å²) in [6, 6.07) is 4.30. The Hall–Kier alpha value is -2.88. The lowest BCUT2D eigenvalue weighted by Gasteiger charge is -2.14. The number of carbonyl (C=O) groups is 1. The molecule has 0 unspecified atom stereocenters. The third-order valence-corrected chi connectivity index (χ3v) is 5.11. The van der Waals surface area contributed by atoms with Gasteiger partial charge in [0, 0.05) is 19.7 Å². The maximum absolute atomic E-state index is 14.9. The maximum Gasteiger partial charge on any atom is 0.277 e. The summed E-state index contributed by atoms with van der Waals surface area (Å²) in [5.41, 5.74) is 0.284. The summed E-state index contributed by atoms with van der Waals surface area (Å²) in [6.07, 6.45) is 3.08. The van der Waals surface area contributed by atoms with Crippen molar-refractivity contribution in [2.45, 2.75) is 18.4 Å². The molecule has 0 aliphatic carbocycles. The molecule has 10 heteroatoms. The Labute approximate surface area is 149 Å². The van der Waals surface area contributed by atoms with Crippen molar-refractivity contribution >= 4 is 32.5 Å². The molecule has 8 nitrogen and oxygen atoms in total. The Morgan fingerprint density at radius 1 is 1.46 bits per heavy atom. The summed E-state index contributed by atoms with van der Waals surface area (Å²) < 4.78 is 48.9. The van der Waals surface area contributed by atoms with Gasteiger partial charge in [0.25, 0.3) is 10.0 Å². The normalized spacial score (nSPS) is 11.7. The van der Waals surface area contributed by atoms with E-state index >= 15 is 0 Å². The largest absolute Gasteiger partial charge is 0.480 e. The number of sulfonamides is 1. The van der Waals surface area contributed by atoms with E-state index in [2.05, 4.69) is 14.7 Å². The number of H-pyrrole nitrogens is 1. The third-order valence-electron chi connectivity index (χ3n) is 3.79. The molecule has 0 bridgehead atoms. The third kappa shape index (κ3) is 3.27. The second-order valence-electron chi connectivity index (χ2n) is 5.61. The number of hydrogen-bond donors (Lipinski definition) is 2. The fourth-order valence-electron chi connectivity index (χ4n) is 2.36. The van der Waals surface area contributed by atoms with Gasteiger partial charge in [-0.15, -0.1) is 0 Å². The predicted molar refractivity (Wildman–Crippen MR) is 93.1 cm³/mol. The zero-order valence-corrected chi connectivity index (χ0v) is 14.9. The average molecular weight is 380 g/mol. The van der Waals surface area contributed by atoms with E-state index in [1.807, 2.05) is 0 Å². The minimum Gasteiger partial charge on any atom is -0.480 e. The highest BCUT2D eigenvalue weighted by molar-refractivity contribution is 7.92. The summed E-state index contributed by atoms with van der Waals surface area (Å²) in [7, 11) is -2.33. The number of benzene rings is 1. The highest BCUT2D eigenvalue weighted by atomic mass is 32.2. The molecular weight excluding hydrogens is 363 g/mol. The van der Waals surface area contributed by atoms with Gasteiger partial charge in [0.2, 0.25) is 0 Å². The summed E-state index contributed by atoms with van der Waals surface area (Å²) in [5, 5.41) is -0.0846. The van der Waals surface area contributed by atoms with Crippen molar-refractivity contribution in [1.29, 1.82) is 0 Å². The number of Topliss-reactive ketones (excluding diaryl/α,β-unsaturated/α-hetero) is 1. The van der Waals surface area contributed by atoms with Gasteiger partial charge in [-0.05, 0) is 18.2 Å². The number of aryl methyl sites for hydroxylation is 1. The standard InChI is InChI=1S/C16H17FN4O4S/c1-3-10(22)8-25-16-11(20-26(23,24)13-5-4-6-18-13)7-12-15(14(16)17)19-9-21(12)2/h4-7,9,18,20H,3,8H2,1-2H3. The first-order valence-corrected chi connectivity index (χ1v) is 9.26. The molecule has 3 rings (SSSR count). The highest BCUT2D eigenvalue weighted by Crippen LogP contribution is 2.35. The van der Waals surface area contributed by atoms with Crippen molar-refractivity contribution in [3.63, 3.8) is 0 Å². The number of rotatable bonds is 7. The fraction of sp³-hybridized carbons (Fsp3) is 0.250. The molecule has 1 aromatic carbocycles. The minimum absolute atomic E-state index is 0.0225. The Morgan fingerprint density at radius 3 is 2.88 bits per heavy atom. The number of aromatic amines is 1. The molecule has 3 aromatic rings. The van der Waals surface area contributed by atoms with Crippen molar-refractivity contribution in [3.8, 4) is 5.75 Å².